The van der Waals surface area contributed by atoms with Crippen molar-refractivity contribution < 1.29 is 27.1 Å². The molecule has 0 N–H and O–H groups in total. The summed E-state index contributed by atoms with van der Waals surface area (Å²) in [7, 11) is 0. The fourth-order valence-electron chi connectivity index (χ4n) is 9.05. The standard InChI is InChI=1S/2C25H23ClFN5O3/c2*1-12-13(2)28-22-21(17-6-5-16(26)10-18(17)27)29-19(11-32(22)25(12)33)15-7-8-34-20(9-15)24-31-30-23(35-24)14-3-4-14/h2*5-6,10-11,14-15,20H,3-4,7-9H2,1-2H3/t15-,20?;15-,20+/m11/s1. The van der Waals surface area contributed by atoms with Crippen LogP contribution in [-0.2, 0) is 9.47 Å². The number of aryl methyl sites for hydroxylation is 2. The molecular formula is C50H46Cl2F2N10O6. The third-order valence-corrected chi connectivity index (χ3v) is 14.2. The molecule has 16 nitrogen and oxygen atoms in total. The number of ether oxygens (including phenoxy) is 2. The van der Waals surface area contributed by atoms with Gasteiger partial charge in [0.15, 0.2) is 11.3 Å². The molecule has 6 aromatic heterocycles. The predicted molar refractivity (Wildman–Crippen MR) is 252 cm³/mol. The quantitative estimate of drug-likeness (QED) is 0.140. The SMILES string of the molecule is Cc1nc2c(-c3ccc(Cl)cc3F)nc([C@@H]3CCOC(c4nnc(C5CC5)o4)C3)cn2c(=O)c1C.Cc1nc2c(-c3ccc(Cl)cc3F)nc([C@@H]3CCO[C@H](c4nnc(C5CC5)o4)C3)cn2c(=O)c1C. The fraction of sp³-hybridized carbons (Fsp3) is 0.400. The number of hydrogen-bond acceptors (Lipinski definition) is 14. The molecule has 2 aliphatic carbocycles. The first kappa shape index (κ1) is 46.1. The van der Waals surface area contributed by atoms with Crippen LogP contribution in [0.25, 0.3) is 33.8 Å². The molecule has 8 aromatic rings. The lowest BCUT2D eigenvalue weighted by Gasteiger charge is -2.27. The third kappa shape index (κ3) is 8.90. The van der Waals surface area contributed by atoms with Crippen LogP contribution >= 0.6 is 23.2 Å². The summed E-state index contributed by atoms with van der Waals surface area (Å²) in [6.07, 6.45) is 9.47. The maximum absolute atomic E-state index is 15.0. The molecule has 0 radical (unpaired) electrons. The second-order valence-corrected chi connectivity index (χ2v) is 19.5. The van der Waals surface area contributed by atoms with E-state index in [9.17, 15) is 18.4 Å². The molecule has 2 saturated heterocycles. The number of benzene rings is 2. The molecule has 2 aromatic carbocycles. The Balaban J connectivity index is 0.000000152. The first-order valence-electron chi connectivity index (χ1n) is 23.4. The lowest BCUT2D eigenvalue weighted by atomic mass is 9.92. The second kappa shape index (κ2) is 18.4. The lowest BCUT2D eigenvalue weighted by Crippen LogP contribution is -2.24. The normalized spacial score (nSPS) is 20.5. The number of nitrogens with zero attached hydrogens (tertiary/aromatic N) is 10. The van der Waals surface area contributed by atoms with Crippen LogP contribution in [0.2, 0.25) is 10.0 Å². The third-order valence-electron chi connectivity index (χ3n) is 13.7. The van der Waals surface area contributed by atoms with Gasteiger partial charge in [-0.2, -0.15) is 0 Å². The van der Waals surface area contributed by atoms with Gasteiger partial charge in [0, 0.05) is 93.0 Å². The summed E-state index contributed by atoms with van der Waals surface area (Å²) in [4.78, 5) is 45.2. The summed E-state index contributed by atoms with van der Waals surface area (Å²) in [6.45, 7) is 7.93. The van der Waals surface area contributed by atoms with Gasteiger partial charge in [0.25, 0.3) is 11.1 Å². The van der Waals surface area contributed by atoms with Gasteiger partial charge in [-0.15, -0.1) is 20.4 Å². The van der Waals surface area contributed by atoms with E-state index in [1.54, 1.807) is 64.4 Å². The Morgan fingerprint density at radius 2 is 0.943 bits per heavy atom. The Labute approximate surface area is 408 Å². The Morgan fingerprint density at radius 3 is 1.33 bits per heavy atom. The average Bonchev–Trinajstić information content (AvgIpc) is 4.29. The van der Waals surface area contributed by atoms with Crippen LogP contribution in [0.4, 0.5) is 8.78 Å². The molecule has 1 unspecified atom stereocenters. The zero-order valence-corrected chi connectivity index (χ0v) is 40.1. The monoisotopic (exact) mass is 990 g/mol. The Morgan fingerprint density at radius 1 is 0.543 bits per heavy atom. The van der Waals surface area contributed by atoms with Crippen molar-refractivity contribution in [3.63, 3.8) is 0 Å². The Kier molecular flexibility index (Phi) is 12.1. The van der Waals surface area contributed by atoms with Crippen LogP contribution < -0.4 is 11.1 Å². The molecule has 4 atom stereocenters. The predicted octanol–water partition coefficient (Wildman–Crippen LogP) is 10.1. The van der Waals surface area contributed by atoms with E-state index in [0.29, 0.717) is 131 Å². The lowest BCUT2D eigenvalue weighted by molar-refractivity contribution is -0.0117. The van der Waals surface area contributed by atoms with Crippen molar-refractivity contribution >= 4 is 34.5 Å². The van der Waals surface area contributed by atoms with Crippen LogP contribution in [0.5, 0.6) is 0 Å². The highest BCUT2D eigenvalue weighted by molar-refractivity contribution is 6.31. The smallest absolute Gasteiger partial charge is 0.261 e. The van der Waals surface area contributed by atoms with E-state index >= 15 is 0 Å². The molecular weight excluding hydrogens is 946 g/mol. The van der Waals surface area contributed by atoms with Gasteiger partial charge >= 0.3 is 0 Å². The highest BCUT2D eigenvalue weighted by Crippen LogP contribution is 2.44. The van der Waals surface area contributed by atoms with Gasteiger partial charge in [0.05, 0.1) is 11.4 Å². The largest absolute Gasteiger partial charge is 0.422 e. The van der Waals surface area contributed by atoms with Crippen LogP contribution in [-0.4, -0.2) is 62.3 Å². The molecule has 70 heavy (non-hydrogen) atoms. The van der Waals surface area contributed by atoms with Crippen molar-refractivity contribution in [3.8, 4) is 22.5 Å². The van der Waals surface area contributed by atoms with Gasteiger partial charge in [-0.25, -0.2) is 28.7 Å². The van der Waals surface area contributed by atoms with E-state index in [1.807, 2.05) is 0 Å². The molecule has 0 bridgehead atoms. The van der Waals surface area contributed by atoms with E-state index in [4.69, 9.17) is 51.5 Å². The first-order valence-corrected chi connectivity index (χ1v) is 24.1. The van der Waals surface area contributed by atoms with Crippen molar-refractivity contribution in [2.24, 2.45) is 0 Å². The van der Waals surface area contributed by atoms with Gasteiger partial charge in [0.1, 0.15) is 35.2 Å². The highest BCUT2D eigenvalue weighted by Gasteiger charge is 2.36. The summed E-state index contributed by atoms with van der Waals surface area (Å²) in [5.74, 6) is 1.81. The number of rotatable bonds is 8. The molecule has 4 aliphatic rings. The topological polar surface area (TPSA) is 191 Å². The Bertz CT molecular complexity index is 3250. The van der Waals surface area contributed by atoms with Crippen LogP contribution in [0, 0.1) is 39.3 Å². The first-order chi connectivity index (χ1) is 33.8. The minimum Gasteiger partial charge on any atom is -0.422 e. The van der Waals surface area contributed by atoms with Crippen molar-refractivity contribution in [2.75, 3.05) is 13.2 Å². The minimum absolute atomic E-state index is 0.0583. The molecule has 20 heteroatoms. The van der Waals surface area contributed by atoms with Gasteiger partial charge in [-0.3, -0.25) is 18.4 Å². The Hall–Kier alpha value is -6.34. The molecule has 2 aliphatic heterocycles. The van der Waals surface area contributed by atoms with Crippen LogP contribution in [0.1, 0.15) is 145 Å². The molecule has 8 heterocycles. The molecule has 2 saturated carbocycles. The second-order valence-electron chi connectivity index (χ2n) is 18.6. The van der Waals surface area contributed by atoms with E-state index in [0.717, 1.165) is 25.7 Å². The van der Waals surface area contributed by atoms with Gasteiger partial charge in [0.2, 0.25) is 23.6 Å². The molecule has 4 fully saturated rings. The maximum atomic E-state index is 15.0. The average molecular weight is 992 g/mol. The zero-order chi connectivity index (χ0) is 48.5. The summed E-state index contributed by atoms with van der Waals surface area (Å²) in [5, 5.41) is 17.3. The summed E-state index contributed by atoms with van der Waals surface area (Å²) in [5.41, 5.74) is 4.80. The van der Waals surface area contributed by atoms with E-state index in [1.165, 1.54) is 20.9 Å². The zero-order valence-electron chi connectivity index (χ0n) is 38.6. The van der Waals surface area contributed by atoms with Gasteiger partial charge in [-0.1, -0.05) is 23.2 Å². The summed E-state index contributed by atoms with van der Waals surface area (Å²) in [6, 6.07) is 8.80. The van der Waals surface area contributed by atoms with Crippen LogP contribution in [0.3, 0.4) is 0 Å². The summed E-state index contributed by atoms with van der Waals surface area (Å²) >= 11 is 12.0. The summed E-state index contributed by atoms with van der Waals surface area (Å²) < 4.78 is 56.5. The number of halogens is 4. The number of aromatic nitrogens is 10. The van der Waals surface area contributed by atoms with Crippen LogP contribution in [0.15, 0.2) is 67.2 Å². The number of hydrogen-bond donors (Lipinski definition) is 0. The van der Waals surface area contributed by atoms with E-state index in [-0.39, 0.29) is 56.3 Å². The molecule has 0 amide bonds. The van der Waals surface area contributed by atoms with Crippen molar-refractivity contribution in [1.82, 2.24) is 49.1 Å². The fourth-order valence-corrected chi connectivity index (χ4v) is 9.36. The molecule has 360 valence electrons. The molecule has 0 spiro atoms. The minimum atomic E-state index is -0.528. The van der Waals surface area contributed by atoms with Crippen molar-refractivity contribution in [2.45, 2.75) is 115 Å². The van der Waals surface area contributed by atoms with Crippen molar-refractivity contribution in [3.05, 3.63) is 149 Å². The highest BCUT2D eigenvalue weighted by atomic mass is 35.5. The molecule has 12 rings (SSSR count). The number of fused-ring (bicyclic) bond motifs is 2. The van der Waals surface area contributed by atoms with Gasteiger partial charge < -0.3 is 18.3 Å². The van der Waals surface area contributed by atoms with E-state index < -0.39 is 11.6 Å². The maximum Gasteiger partial charge on any atom is 0.261 e. The van der Waals surface area contributed by atoms with E-state index in [2.05, 4.69) is 30.4 Å². The van der Waals surface area contributed by atoms with Crippen molar-refractivity contribution in [1.29, 1.82) is 0 Å². The van der Waals surface area contributed by atoms with Gasteiger partial charge in [-0.05, 0) is 115 Å².